The summed E-state index contributed by atoms with van der Waals surface area (Å²) in [5, 5.41) is 5.38. The van der Waals surface area contributed by atoms with E-state index in [-0.39, 0.29) is 11.8 Å². The summed E-state index contributed by atoms with van der Waals surface area (Å²) < 4.78 is 5.14. The Balaban J connectivity index is 4.45. The van der Waals surface area contributed by atoms with Crippen molar-refractivity contribution in [2.75, 3.05) is 6.54 Å². The van der Waals surface area contributed by atoms with Crippen LogP contribution in [0.4, 0.5) is 4.79 Å². The van der Waals surface area contributed by atoms with Gasteiger partial charge < -0.3 is 15.4 Å². The van der Waals surface area contributed by atoms with Crippen molar-refractivity contribution in [3.05, 3.63) is 0 Å². The topological polar surface area (TPSA) is 67.4 Å². The van der Waals surface area contributed by atoms with Crippen LogP contribution in [-0.4, -0.2) is 30.2 Å². The average molecular weight is 258 g/mol. The van der Waals surface area contributed by atoms with Gasteiger partial charge in [0.25, 0.3) is 0 Å². The number of hydrogen-bond acceptors (Lipinski definition) is 3. The van der Waals surface area contributed by atoms with Gasteiger partial charge in [0.2, 0.25) is 5.91 Å². The Hall–Kier alpha value is -1.26. The largest absolute Gasteiger partial charge is 0.444 e. The second kappa shape index (κ2) is 7.24. The van der Waals surface area contributed by atoms with Crippen molar-refractivity contribution in [3.8, 4) is 0 Å². The summed E-state index contributed by atoms with van der Waals surface area (Å²) in [5.41, 5.74) is -0.564. The Morgan fingerprint density at radius 1 is 1.22 bits per heavy atom. The van der Waals surface area contributed by atoms with E-state index in [9.17, 15) is 9.59 Å². The van der Waals surface area contributed by atoms with Gasteiger partial charge in [-0.05, 0) is 33.1 Å². The minimum atomic E-state index is -0.564. The fraction of sp³-hybridized carbons (Fsp3) is 0.846. The molecular formula is C13H26N2O3. The molecule has 0 aromatic carbocycles. The number of carbonyl (C=O) groups excluding carboxylic acids is 2. The van der Waals surface area contributed by atoms with E-state index in [2.05, 4.69) is 10.6 Å². The number of nitrogens with one attached hydrogen (secondary N) is 2. The highest BCUT2D eigenvalue weighted by atomic mass is 16.6. The van der Waals surface area contributed by atoms with E-state index in [4.69, 9.17) is 4.74 Å². The molecule has 0 saturated carbocycles. The summed E-state index contributed by atoms with van der Waals surface area (Å²) >= 11 is 0. The molecule has 2 N–H and O–H groups in total. The average Bonchev–Trinajstić information content (AvgIpc) is 2.19. The third-order valence-corrected chi connectivity index (χ3v) is 2.17. The van der Waals surface area contributed by atoms with Gasteiger partial charge in [0, 0.05) is 6.54 Å². The molecule has 0 bridgehead atoms. The first-order valence-corrected chi connectivity index (χ1v) is 6.44. The molecule has 1 atom stereocenters. The summed E-state index contributed by atoms with van der Waals surface area (Å²) in [7, 11) is 0. The molecule has 0 unspecified atom stereocenters. The van der Waals surface area contributed by atoms with Crippen LogP contribution in [0.5, 0.6) is 0 Å². The highest BCUT2D eigenvalue weighted by Gasteiger charge is 2.26. The minimum absolute atomic E-state index is 0.00868. The number of rotatable bonds is 5. The number of alkyl carbamates (subject to hydrolysis) is 1. The third-order valence-electron chi connectivity index (χ3n) is 2.17. The van der Waals surface area contributed by atoms with E-state index >= 15 is 0 Å². The zero-order valence-corrected chi connectivity index (χ0v) is 12.3. The van der Waals surface area contributed by atoms with Crippen molar-refractivity contribution >= 4 is 12.0 Å². The maximum atomic E-state index is 11.9. The predicted octanol–water partition coefficient (Wildman–Crippen LogP) is 2.06. The molecule has 18 heavy (non-hydrogen) atoms. The molecule has 5 heteroatoms. The second-order valence-corrected chi connectivity index (χ2v) is 5.66. The first kappa shape index (κ1) is 16.7. The van der Waals surface area contributed by atoms with Gasteiger partial charge in [0.1, 0.15) is 11.6 Å². The summed E-state index contributed by atoms with van der Waals surface area (Å²) in [4.78, 5) is 23.5. The molecule has 0 aliphatic carbocycles. The van der Waals surface area contributed by atoms with Gasteiger partial charge in [0.05, 0.1) is 0 Å². The van der Waals surface area contributed by atoms with Gasteiger partial charge in [-0.1, -0.05) is 20.8 Å². The molecule has 2 amide bonds. The van der Waals surface area contributed by atoms with Gasteiger partial charge in [0.15, 0.2) is 0 Å². The molecule has 0 aromatic rings. The van der Waals surface area contributed by atoms with Crippen LogP contribution in [0.1, 0.15) is 48.0 Å². The van der Waals surface area contributed by atoms with Crippen LogP contribution >= 0.6 is 0 Å². The molecule has 0 aliphatic heterocycles. The fourth-order valence-corrected chi connectivity index (χ4v) is 1.33. The lowest BCUT2D eigenvalue weighted by Crippen LogP contribution is -2.51. The number of ether oxygens (including phenoxy) is 1. The quantitative estimate of drug-likeness (QED) is 0.793. The Bertz CT molecular complexity index is 282. The monoisotopic (exact) mass is 258 g/mol. The van der Waals surface area contributed by atoms with E-state index in [0.717, 1.165) is 6.42 Å². The van der Waals surface area contributed by atoms with Gasteiger partial charge in [-0.3, -0.25) is 4.79 Å². The van der Waals surface area contributed by atoms with Crippen molar-refractivity contribution < 1.29 is 14.3 Å². The minimum Gasteiger partial charge on any atom is -0.444 e. The molecule has 0 aliphatic rings. The van der Waals surface area contributed by atoms with Crippen LogP contribution in [0.15, 0.2) is 0 Å². The van der Waals surface area contributed by atoms with Crippen LogP contribution in [0, 0.1) is 5.92 Å². The van der Waals surface area contributed by atoms with Crippen LogP contribution in [0.3, 0.4) is 0 Å². The SMILES string of the molecule is CCCNC(=O)[C@@H](NC(=O)OC(C)(C)C)C(C)C. The highest BCUT2D eigenvalue weighted by Crippen LogP contribution is 2.08. The normalized spacial score (nSPS) is 13.1. The summed E-state index contributed by atoms with van der Waals surface area (Å²) in [6.07, 6.45) is 0.302. The standard InChI is InChI=1S/C13H26N2O3/c1-7-8-14-11(16)10(9(2)3)15-12(17)18-13(4,5)6/h9-10H,7-8H2,1-6H3,(H,14,16)(H,15,17)/t10-/m0/s1. The Morgan fingerprint density at radius 2 is 1.78 bits per heavy atom. The van der Waals surface area contributed by atoms with Crippen LogP contribution in [-0.2, 0) is 9.53 Å². The molecule has 106 valence electrons. The first-order valence-electron chi connectivity index (χ1n) is 6.44. The number of carbonyl (C=O) groups is 2. The zero-order valence-electron chi connectivity index (χ0n) is 12.3. The maximum absolute atomic E-state index is 11.9. The van der Waals surface area contributed by atoms with Crippen LogP contribution in [0.25, 0.3) is 0 Å². The van der Waals surface area contributed by atoms with Crippen molar-refractivity contribution in [2.24, 2.45) is 5.92 Å². The lowest BCUT2D eigenvalue weighted by atomic mass is 10.0. The van der Waals surface area contributed by atoms with Gasteiger partial charge in [-0.15, -0.1) is 0 Å². The molecular weight excluding hydrogens is 232 g/mol. The molecule has 0 saturated heterocycles. The van der Waals surface area contributed by atoms with Crippen LogP contribution < -0.4 is 10.6 Å². The van der Waals surface area contributed by atoms with E-state index in [0.29, 0.717) is 6.54 Å². The van der Waals surface area contributed by atoms with Crippen molar-refractivity contribution in [1.82, 2.24) is 10.6 Å². The van der Waals surface area contributed by atoms with Crippen molar-refractivity contribution in [3.63, 3.8) is 0 Å². The molecule has 0 fully saturated rings. The van der Waals surface area contributed by atoms with Gasteiger partial charge in [-0.25, -0.2) is 4.79 Å². The Labute approximate surface area is 110 Å². The molecule has 0 radical (unpaired) electrons. The first-order chi connectivity index (χ1) is 8.17. The Kier molecular flexibility index (Phi) is 6.73. The van der Waals surface area contributed by atoms with E-state index in [1.165, 1.54) is 0 Å². The molecule has 0 spiro atoms. The summed E-state index contributed by atoms with van der Waals surface area (Å²) in [6, 6.07) is -0.564. The molecule has 5 nitrogen and oxygen atoms in total. The second-order valence-electron chi connectivity index (χ2n) is 5.66. The zero-order chi connectivity index (χ0) is 14.3. The summed E-state index contributed by atoms with van der Waals surface area (Å²) in [6.45, 7) is 11.7. The van der Waals surface area contributed by atoms with E-state index in [1.807, 2.05) is 20.8 Å². The van der Waals surface area contributed by atoms with Gasteiger partial charge >= 0.3 is 6.09 Å². The third kappa shape index (κ3) is 7.14. The lowest BCUT2D eigenvalue weighted by molar-refractivity contribution is -0.124. The lowest BCUT2D eigenvalue weighted by Gasteiger charge is -2.25. The van der Waals surface area contributed by atoms with Gasteiger partial charge in [-0.2, -0.15) is 0 Å². The van der Waals surface area contributed by atoms with Crippen LogP contribution in [0.2, 0.25) is 0 Å². The fourth-order valence-electron chi connectivity index (χ4n) is 1.33. The van der Waals surface area contributed by atoms with E-state index in [1.54, 1.807) is 20.8 Å². The highest BCUT2D eigenvalue weighted by molar-refractivity contribution is 5.85. The number of amides is 2. The molecule has 0 heterocycles. The summed E-state index contributed by atoms with van der Waals surface area (Å²) in [5.74, 6) is -0.160. The predicted molar refractivity (Wildman–Crippen MR) is 71.3 cm³/mol. The molecule has 0 rings (SSSR count). The Morgan fingerprint density at radius 3 is 2.17 bits per heavy atom. The van der Waals surface area contributed by atoms with Crippen molar-refractivity contribution in [2.45, 2.75) is 59.6 Å². The van der Waals surface area contributed by atoms with E-state index < -0.39 is 17.7 Å². The maximum Gasteiger partial charge on any atom is 0.408 e. The number of hydrogen-bond donors (Lipinski definition) is 2. The smallest absolute Gasteiger partial charge is 0.408 e. The molecule has 0 aromatic heterocycles. The van der Waals surface area contributed by atoms with Crippen molar-refractivity contribution in [1.29, 1.82) is 0 Å².